The smallest absolute Gasteiger partial charge is 0.317 e. The SMILES string of the molecule is CC(C)NC(=O)N1CCCC(c2nc(CCOCC3CC3)no2)C1. The second kappa shape index (κ2) is 7.96. The number of nitrogens with one attached hydrogen (secondary N) is 1. The predicted octanol–water partition coefficient (Wildman–Crippen LogP) is 2.34. The minimum Gasteiger partial charge on any atom is -0.381 e. The summed E-state index contributed by atoms with van der Waals surface area (Å²) in [5.41, 5.74) is 0. The number of urea groups is 1. The molecule has 0 spiro atoms. The Bertz CT molecular complexity index is 542. The van der Waals surface area contributed by atoms with Gasteiger partial charge in [-0.1, -0.05) is 5.16 Å². The number of rotatable bonds is 7. The molecule has 24 heavy (non-hydrogen) atoms. The lowest BCUT2D eigenvalue weighted by molar-refractivity contribution is 0.125. The molecule has 2 fully saturated rings. The third-order valence-electron chi connectivity index (χ3n) is 4.47. The number of piperidine rings is 1. The maximum atomic E-state index is 12.2. The number of ether oxygens (including phenoxy) is 1. The van der Waals surface area contributed by atoms with Crippen LogP contribution in [0, 0.1) is 5.92 Å². The van der Waals surface area contributed by atoms with Crippen LogP contribution >= 0.6 is 0 Å². The standard InChI is InChI=1S/C17H28N4O3/c1-12(2)18-17(22)21-8-3-4-14(10-21)16-19-15(20-24-16)7-9-23-11-13-5-6-13/h12-14H,3-11H2,1-2H3,(H,18,22). The fraction of sp³-hybridized carbons (Fsp3) is 0.824. The van der Waals surface area contributed by atoms with Crippen LogP contribution in [-0.2, 0) is 11.2 Å². The molecule has 2 amide bonds. The third-order valence-corrected chi connectivity index (χ3v) is 4.47. The van der Waals surface area contributed by atoms with Crippen LogP contribution in [0.1, 0.15) is 57.2 Å². The fourth-order valence-electron chi connectivity index (χ4n) is 2.93. The summed E-state index contributed by atoms with van der Waals surface area (Å²) < 4.78 is 11.0. The van der Waals surface area contributed by atoms with E-state index in [-0.39, 0.29) is 18.0 Å². The van der Waals surface area contributed by atoms with E-state index >= 15 is 0 Å². The Balaban J connectivity index is 1.47. The molecule has 0 bridgehead atoms. The Labute approximate surface area is 143 Å². The topological polar surface area (TPSA) is 80.5 Å². The molecular formula is C17H28N4O3. The van der Waals surface area contributed by atoms with Crippen molar-refractivity contribution < 1.29 is 14.1 Å². The van der Waals surface area contributed by atoms with Gasteiger partial charge in [0, 0.05) is 32.2 Å². The molecule has 7 nitrogen and oxygen atoms in total. The van der Waals surface area contributed by atoms with Crippen LogP contribution in [0.2, 0.25) is 0 Å². The number of amides is 2. The first-order valence-corrected chi connectivity index (χ1v) is 9.07. The number of likely N-dealkylation sites (tertiary alicyclic amines) is 1. The van der Waals surface area contributed by atoms with Gasteiger partial charge < -0.3 is 19.5 Å². The Morgan fingerprint density at radius 3 is 3.00 bits per heavy atom. The van der Waals surface area contributed by atoms with Crippen molar-refractivity contribution in [3.8, 4) is 0 Å². The summed E-state index contributed by atoms with van der Waals surface area (Å²) in [7, 11) is 0. The van der Waals surface area contributed by atoms with Gasteiger partial charge >= 0.3 is 6.03 Å². The van der Waals surface area contributed by atoms with E-state index in [0.29, 0.717) is 31.3 Å². The summed E-state index contributed by atoms with van der Waals surface area (Å²) in [5, 5.41) is 7.00. The number of hydrogen-bond donors (Lipinski definition) is 1. The molecule has 1 saturated heterocycles. The highest BCUT2D eigenvalue weighted by atomic mass is 16.5. The lowest BCUT2D eigenvalue weighted by Crippen LogP contribution is -2.47. The predicted molar refractivity (Wildman–Crippen MR) is 88.8 cm³/mol. The van der Waals surface area contributed by atoms with Crippen LogP contribution in [0.3, 0.4) is 0 Å². The first kappa shape index (κ1) is 17.2. The average molecular weight is 336 g/mol. The summed E-state index contributed by atoms with van der Waals surface area (Å²) in [6.45, 7) is 6.85. The summed E-state index contributed by atoms with van der Waals surface area (Å²) >= 11 is 0. The quantitative estimate of drug-likeness (QED) is 0.773. The number of aromatic nitrogens is 2. The van der Waals surface area contributed by atoms with Gasteiger partial charge in [-0.25, -0.2) is 4.79 Å². The molecule has 0 aromatic carbocycles. The average Bonchev–Trinajstić information content (AvgIpc) is 3.27. The number of hydrogen-bond acceptors (Lipinski definition) is 5. The Morgan fingerprint density at radius 1 is 1.42 bits per heavy atom. The lowest BCUT2D eigenvalue weighted by atomic mass is 9.98. The second-order valence-corrected chi connectivity index (χ2v) is 7.21. The minimum absolute atomic E-state index is 0.0112. The van der Waals surface area contributed by atoms with Gasteiger partial charge in [-0.2, -0.15) is 4.98 Å². The maximum Gasteiger partial charge on any atom is 0.317 e. The van der Waals surface area contributed by atoms with Crippen molar-refractivity contribution in [1.82, 2.24) is 20.4 Å². The van der Waals surface area contributed by atoms with Gasteiger partial charge in [0.2, 0.25) is 5.89 Å². The van der Waals surface area contributed by atoms with Crippen LogP contribution in [0.15, 0.2) is 4.52 Å². The lowest BCUT2D eigenvalue weighted by Gasteiger charge is -2.31. The molecule has 1 saturated carbocycles. The fourth-order valence-corrected chi connectivity index (χ4v) is 2.93. The van der Waals surface area contributed by atoms with Crippen molar-refractivity contribution in [3.63, 3.8) is 0 Å². The number of carbonyl (C=O) groups excluding carboxylic acids is 1. The third kappa shape index (κ3) is 4.93. The van der Waals surface area contributed by atoms with Gasteiger partial charge in [0.25, 0.3) is 0 Å². The first-order valence-electron chi connectivity index (χ1n) is 9.07. The summed E-state index contributed by atoms with van der Waals surface area (Å²) in [5.74, 6) is 2.25. The van der Waals surface area contributed by atoms with E-state index in [1.165, 1.54) is 12.8 Å². The van der Waals surface area contributed by atoms with Gasteiger partial charge in [0.1, 0.15) is 0 Å². The maximum absolute atomic E-state index is 12.2. The first-order chi connectivity index (χ1) is 11.6. The Hall–Kier alpha value is -1.63. The van der Waals surface area contributed by atoms with Crippen LogP contribution in [-0.4, -0.2) is 53.4 Å². The monoisotopic (exact) mass is 336 g/mol. The van der Waals surface area contributed by atoms with E-state index in [1.807, 2.05) is 18.7 Å². The number of nitrogens with zero attached hydrogens (tertiary/aromatic N) is 3. The highest BCUT2D eigenvalue weighted by Gasteiger charge is 2.28. The molecular weight excluding hydrogens is 308 g/mol. The van der Waals surface area contributed by atoms with Crippen LogP contribution in [0.4, 0.5) is 4.79 Å². The molecule has 1 atom stereocenters. The summed E-state index contributed by atoms with van der Waals surface area (Å²) in [4.78, 5) is 18.5. The zero-order chi connectivity index (χ0) is 16.9. The molecule has 0 radical (unpaired) electrons. The molecule has 7 heteroatoms. The summed E-state index contributed by atoms with van der Waals surface area (Å²) in [6, 6.07) is 0.131. The van der Waals surface area contributed by atoms with E-state index in [4.69, 9.17) is 9.26 Å². The van der Waals surface area contributed by atoms with E-state index in [2.05, 4.69) is 15.5 Å². The van der Waals surface area contributed by atoms with Crippen LogP contribution in [0.5, 0.6) is 0 Å². The Kier molecular flexibility index (Phi) is 5.71. The molecule has 1 aromatic heterocycles. The van der Waals surface area contributed by atoms with Crippen molar-refractivity contribution in [2.75, 3.05) is 26.3 Å². The van der Waals surface area contributed by atoms with Crippen molar-refractivity contribution in [2.45, 2.75) is 57.9 Å². The molecule has 1 unspecified atom stereocenters. The highest BCUT2D eigenvalue weighted by molar-refractivity contribution is 5.74. The normalized spacial score (nSPS) is 21.3. The van der Waals surface area contributed by atoms with Gasteiger partial charge in [-0.3, -0.25) is 0 Å². The van der Waals surface area contributed by atoms with Gasteiger partial charge in [-0.15, -0.1) is 0 Å². The molecule has 1 aliphatic carbocycles. The molecule has 3 rings (SSSR count). The van der Waals surface area contributed by atoms with Crippen LogP contribution < -0.4 is 5.32 Å². The minimum atomic E-state index is -0.0112. The van der Waals surface area contributed by atoms with Crippen molar-refractivity contribution in [1.29, 1.82) is 0 Å². The highest BCUT2D eigenvalue weighted by Crippen LogP contribution is 2.29. The molecule has 134 valence electrons. The van der Waals surface area contributed by atoms with Crippen molar-refractivity contribution in [3.05, 3.63) is 11.7 Å². The zero-order valence-corrected chi connectivity index (χ0v) is 14.7. The largest absolute Gasteiger partial charge is 0.381 e. The number of carbonyl (C=O) groups is 1. The molecule has 1 aromatic rings. The molecule has 2 heterocycles. The molecule has 1 aliphatic heterocycles. The van der Waals surface area contributed by atoms with E-state index in [1.54, 1.807) is 0 Å². The van der Waals surface area contributed by atoms with Crippen molar-refractivity contribution in [2.24, 2.45) is 5.92 Å². The van der Waals surface area contributed by atoms with Crippen molar-refractivity contribution >= 4 is 6.03 Å². The van der Waals surface area contributed by atoms with Gasteiger partial charge in [0.15, 0.2) is 5.82 Å². The summed E-state index contributed by atoms with van der Waals surface area (Å²) in [6.07, 6.45) is 5.22. The second-order valence-electron chi connectivity index (χ2n) is 7.21. The van der Waals surface area contributed by atoms with Crippen LogP contribution in [0.25, 0.3) is 0 Å². The van der Waals surface area contributed by atoms with E-state index in [0.717, 1.165) is 31.9 Å². The zero-order valence-electron chi connectivity index (χ0n) is 14.7. The van der Waals surface area contributed by atoms with Gasteiger partial charge in [-0.05, 0) is 45.4 Å². The molecule has 2 aliphatic rings. The van der Waals surface area contributed by atoms with E-state index in [9.17, 15) is 4.79 Å². The van der Waals surface area contributed by atoms with Gasteiger partial charge in [0.05, 0.1) is 12.5 Å². The van der Waals surface area contributed by atoms with E-state index < -0.39 is 0 Å². The Morgan fingerprint density at radius 2 is 2.25 bits per heavy atom. The molecule has 1 N–H and O–H groups in total.